The van der Waals surface area contributed by atoms with E-state index in [0.29, 0.717) is 6.54 Å². The minimum absolute atomic E-state index is 0.199. The molecule has 2 heterocycles. The third kappa shape index (κ3) is 5.60. The molecule has 1 aliphatic carbocycles. The van der Waals surface area contributed by atoms with E-state index in [1.807, 2.05) is 18.3 Å². The molecule has 1 aromatic heterocycles. The van der Waals surface area contributed by atoms with E-state index < -0.39 is 0 Å². The zero-order valence-electron chi connectivity index (χ0n) is 17.4. The van der Waals surface area contributed by atoms with Gasteiger partial charge in [0.15, 0.2) is 0 Å². The smallest absolute Gasteiger partial charge is 0.290 e. The Balaban J connectivity index is 0.000000806. The summed E-state index contributed by atoms with van der Waals surface area (Å²) in [6.07, 6.45) is 6.11. The number of ether oxygens (including phenoxy) is 1. The van der Waals surface area contributed by atoms with Crippen LogP contribution in [0.3, 0.4) is 0 Å². The molecule has 0 atom stereocenters. The number of hydrogen-bond donors (Lipinski definition) is 2. The molecule has 2 N–H and O–H groups in total. The summed E-state index contributed by atoms with van der Waals surface area (Å²) in [4.78, 5) is 27.5. The first-order valence-electron chi connectivity index (χ1n) is 10.4. The van der Waals surface area contributed by atoms with Crippen molar-refractivity contribution in [2.45, 2.75) is 45.3 Å². The predicted octanol–water partition coefficient (Wildman–Crippen LogP) is 2.07. The molecule has 30 heavy (non-hydrogen) atoms. The molecule has 8 heteroatoms. The van der Waals surface area contributed by atoms with E-state index in [9.17, 15) is 4.79 Å². The van der Waals surface area contributed by atoms with E-state index in [4.69, 9.17) is 14.6 Å². The molecule has 0 saturated heterocycles. The Morgan fingerprint density at radius 2 is 2.13 bits per heavy atom. The molecule has 0 bridgehead atoms. The van der Waals surface area contributed by atoms with Gasteiger partial charge < -0.3 is 19.7 Å². The molecule has 1 amide bonds. The maximum absolute atomic E-state index is 12.1. The highest BCUT2D eigenvalue weighted by Crippen LogP contribution is 2.26. The maximum atomic E-state index is 12.1. The molecule has 2 aliphatic rings. The van der Waals surface area contributed by atoms with Gasteiger partial charge in [0.05, 0.1) is 25.5 Å². The lowest BCUT2D eigenvalue weighted by Crippen LogP contribution is -2.34. The molecule has 0 radical (unpaired) electrons. The molecule has 1 aromatic carbocycles. The van der Waals surface area contributed by atoms with Crippen LogP contribution in [-0.4, -0.2) is 52.1 Å². The second-order valence-electron chi connectivity index (χ2n) is 7.65. The van der Waals surface area contributed by atoms with Crippen molar-refractivity contribution < 1.29 is 19.4 Å². The van der Waals surface area contributed by atoms with Crippen LogP contribution in [0.15, 0.2) is 30.5 Å². The summed E-state index contributed by atoms with van der Waals surface area (Å²) in [6, 6.07) is 8.27. The fourth-order valence-corrected chi connectivity index (χ4v) is 3.86. The van der Waals surface area contributed by atoms with Crippen LogP contribution in [0, 0.1) is 5.92 Å². The number of benzene rings is 1. The number of hydrogen-bond acceptors (Lipinski definition) is 5. The number of rotatable bonds is 6. The van der Waals surface area contributed by atoms with Gasteiger partial charge in [0.25, 0.3) is 6.47 Å². The van der Waals surface area contributed by atoms with Crippen molar-refractivity contribution in [2.24, 2.45) is 5.92 Å². The molecule has 2 aromatic rings. The fourth-order valence-electron chi connectivity index (χ4n) is 3.86. The largest absolute Gasteiger partial charge is 0.497 e. The molecular formula is C22H30N4O4. The van der Waals surface area contributed by atoms with Gasteiger partial charge in [-0.25, -0.2) is 4.98 Å². The molecule has 0 unspecified atom stereocenters. The van der Waals surface area contributed by atoms with Gasteiger partial charge in [-0.3, -0.25) is 14.5 Å². The SMILES string of the molecule is COc1cccc(CN2CCc3ncc(CNC(=O)C4CCC4)n3CC2)c1.O=CO. The van der Waals surface area contributed by atoms with Crippen molar-refractivity contribution in [3.05, 3.63) is 47.5 Å². The van der Waals surface area contributed by atoms with Gasteiger partial charge in [-0.05, 0) is 30.5 Å². The number of nitrogens with zero attached hydrogens (tertiary/aromatic N) is 3. The van der Waals surface area contributed by atoms with Crippen LogP contribution in [-0.2, 0) is 35.6 Å². The van der Waals surface area contributed by atoms with Crippen LogP contribution in [0.1, 0.15) is 36.3 Å². The Morgan fingerprint density at radius 1 is 1.33 bits per heavy atom. The number of nitrogens with one attached hydrogen (secondary N) is 1. The number of carbonyl (C=O) groups excluding carboxylic acids is 1. The Kier molecular flexibility index (Phi) is 7.84. The standard InChI is InChI=1S/C21H28N4O2.CH2O2/c1-27-19-7-2-4-16(12-19)15-24-9-8-20-22-13-18(25(20)11-10-24)14-23-21(26)17-5-3-6-17;2-1-3/h2,4,7,12-13,17H,3,5-6,8-11,14-15H2,1H3,(H,23,26);1H,(H,2,3). The van der Waals surface area contributed by atoms with Crippen LogP contribution < -0.4 is 10.1 Å². The number of aromatic nitrogens is 2. The number of carbonyl (C=O) groups is 2. The van der Waals surface area contributed by atoms with Crippen molar-refractivity contribution in [1.29, 1.82) is 0 Å². The number of amides is 1. The normalized spacial score (nSPS) is 16.3. The summed E-state index contributed by atoms with van der Waals surface area (Å²) < 4.78 is 7.62. The third-order valence-electron chi connectivity index (χ3n) is 5.77. The van der Waals surface area contributed by atoms with E-state index in [1.165, 1.54) is 12.0 Å². The Hall–Kier alpha value is -2.87. The Bertz CT molecular complexity index is 847. The van der Waals surface area contributed by atoms with Crippen LogP contribution >= 0.6 is 0 Å². The maximum Gasteiger partial charge on any atom is 0.290 e. The lowest BCUT2D eigenvalue weighted by Gasteiger charge is -2.24. The van der Waals surface area contributed by atoms with Gasteiger partial charge in [0, 0.05) is 38.5 Å². The summed E-state index contributed by atoms with van der Waals surface area (Å²) in [5.74, 6) is 2.45. The molecule has 1 aliphatic heterocycles. The molecular weight excluding hydrogens is 384 g/mol. The van der Waals surface area contributed by atoms with Gasteiger partial charge >= 0.3 is 0 Å². The summed E-state index contributed by atoms with van der Waals surface area (Å²) in [5.41, 5.74) is 2.38. The van der Waals surface area contributed by atoms with Crippen molar-refractivity contribution >= 4 is 12.4 Å². The van der Waals surface area contributed by atoms with Crippen LogP contribution in [0.25, 0.3) is 0 Å². The van der Waals surface area contributed by atoms with Gasteiger partial charge in [0.2, 0.25) is 5.91 Å². The first kappa shape index (κ1) is 21.8. The van der Waals surface area contributed by atoms with E-state index in [1.54, 1.807) is 7.11 Å². The molecule has 1 fully saturated rings. The van der Waals surface area contributed by atoms with Gasteiger partial charge in [-0.15, -0.1) is 0 Å². The van der Waals surface area contributed by atoms with Gasteiger partial charge in [-0.2, -0.15) is 0 Å². The third-order valence-corrected chi connectivity index (χ3v) is 5.77. The van der Waals surface area contributed by atoms with Crippen molar-refractivity contribution in [3.63, 3.8) is 0 Å². The number of carboxylic acid groups (broad SMARTS) is 1. The highest BCUT2D eigenvalue weighted by molar-refractivity contribution is 5.79. The molecule has 1 saturated carbocycles. The highest BCUT2D eigenvalue weighted by atomic mass is 16.5. The summed E-state index contributed by atoms with van der Waals surface area (Å²) in [5, 5.41) is 9.98. The predicted molar refractivity (Wildman–Crippen MR) is 112 cm³/mol. The zero-order chi connectivity index (χ0) is 21.3. The lowest BCUT2D eigenvalue weighted by atomic mass is 9.85. The molecule has 4 rings (SSSR count). The monoisotopic (exact) mass is 414 g/mol. The van der Waals surface area contributed by atoms with E-state index in [-0.39, 0.29) is 18.3 Å². The average Bonchev–Trinajstić information content (AvgIpc) is 2.98. The first-order valence-corrected chi connectivity index (χ1v) is 10.4. The van der Waals surface area contributed by atoms with Gasteiger partial charge in [-0.1, -0.05) is 18.6 Å². The summed E-state index contributed by atoms with van der Waals surface area (Å²) in [7, 11) is 1.70. The second-order valence-corrected chi connectivity index (χ2v) is 7.65. The first-order chi connectivity index (χ1) is 14.6. The van der Waals surface area contributed by atoms with Crippen molar-refractivity contribution in [1.82, 2.24) is 19.8 Å². The van der Waals surface area contributed by atoms with Crippen LogP contribution in [0.2, 0.25) is 0 Å². The molecule has 162 valence electrons. The minimum atomic E-state index is -0.250. The van der Waals surface area contributed by atoms with Crippen molar-refractivity contribution in [2.75, 3.05) is 20.2 Å². The van der Waals surface area contributed by atoms with Crippen LogP contribution in [0.5, 0.6) is 5.75 Å². The van der Waals surface area contributed by atoms with E-state index in [0.717, 1.165) is 62.7 Å². The molecule has 8 nitrogen and oxygen atoms in total. The average molecular weight is 415 g/mol. The topological polar surface area (TPSA) is 96.7 Å². The van der Waals surface area contributed by atoms with Gasteiger partial charge in [0.1, 0.15) is 11.6 Å². The Morgan fingerprint density at radius 3 is 2.83 bits per heavy atom. The minimum Gasteiger partial charge on any atom is -0.497 e. The highest BCUT2D eigenvalue weighted by Gasteiger charge is 2.25. The zero-order valence-corrected chi connectivity index (χ0v) is 17.4. The van der Waals surface area contributed by atoms with Crippen molar-refractivity contribution in [3.8, 4) is 5.75 Å². The fraction of sp³-hybridized carbons (Fsp3) is 0.500. The number of fused-ring (bicyclic) bond motifs is 1. The summed E-state index contributed by atoms with van der Waals surface area (Å²) >= 11 is 0. The lowest BCUT2D eigenvalue weighted by molar-refractivity contribution is -0.127. The Labute approximate surface area is 176 Å². The number of methoxy groups -OCH3 is 1. The quantitative estimate of drug-likeness (QED) is 0.703. The molecule has 0 spiro atoms. The van der Waals surface area contributed by atoms with E-state index >= 15 is 0 Å². The second kappa shape index (κ2) is 10.8. The van der Waals surface area contributed by atoms with E-state index in [2.05, 4.69) is 31.9 Å². The van der Waals surface area contributed by atoms with Crippen LogP contribution in [0.4, 0.5) is 0 Å². The summed E-state index contributed by atoms with van der Waals surface area (Å²) in [6.45, 7) is 4.12. The number of imidazole rings is 1.